The molecule has 1 aromatic heterocycles. The van der Waals surface area contributed by atoms with Gasteiger partial charge in [0.25, 0.3) is 5.91 Å². The van der Waals surface area contributed by atoms with E-state index in [1.807, 2.05) is 69.3 Å². The smallest absolute Gasteiger partial charge is 0.359 e. The number of amides is 1. The molecular weight excluding hydrogens is 524 g/mol. The average molecular weight is 561 g/mol. The van der Waals surface area contributed by atoms with Crippen molar-refractivity contribution < 1.29 is 28.6 Å². The molecule has 10 heteroatoms. The van der Waals surface area contributed by atoms with Crippen LogP contribution >= 0.6 is 0 Å². The molecule has 3 aromatic rings. The van der Waals surface area contributed by atoms with Gasteiger partial charge in [0.15, 0.2) is 5.69 Å². The van der Waals surface area contributed by atoms with Crippen molar-refractivity contribution in [2.24, 2.45) is 0 Å². The molecule has 216 valence electrons. The van der Waals surface area contributed by atoms with E-state index in [0.717, 1.165) is 29.7 Å². The molecule has 1 saturated carbocycles. The van der Waals surface area contributed by atoms with Crippen LogP contribution in [0.2, 0.25) is 0 Å². The van der Waals surface area contributed by atoms with Crippen LogP contribution in [-0.2, 0) is 19.8 Å². The number of carbonyl (C=O) groups excluding carboxylic acids is 3. The molecule has 1 aliphatic carbocycles. The standard InChI is InChI=1S/C31H36N4O6/c1-6-40-29(38)27-25-23(19-7-13-22(39-5)14-8-19)18-35(28(37)26(25)33-34-27)21-11-9-20(10-12-21)31(15-16-31)32-17-24(36)41-30(2,3)4/h7-14,23,32H,6,15-18H2,1-5H3,(H,33,34). The van der Waals surface area contributed by atoms with Crippen LogP contribution in [0.15, 0.2) is 48.5 Å². The Labute approximate surface area is 239 Å². The van der Waals surface area contributed by atoms with Crippen molar-refractivity contribution >= 4 is 23.5 Å². The largest absolute Gasteiger partial charge is 0.497 e. The minimum Gasteiger partial charge on any atom is -0.497 e. The number of H-pyrrole nitrogens is 1. The average Bonchev–Trinajstić information content (AvgIpc) is 3.61. The van der Waals surface area contributed by atoms with Gasteiger partial charge < -0.3 is 19.1 Å². The Kier molecular flexibility index (Phi) is 7.61. The van der Waals surface area contributed by atoms with Crippen molar-refractivity contribution in [3.8, 4) is 5.75 Å². The molecule has 1 atom stereocenters. The fourth-order valence-corrected chi connectivity index (χ4v) is 5.30. The number of ether oxygens (including phenoxy) is 3. The highest BCUT2D eigenvalue weighted by molar-refractivity contribution is 6.09. The van der Waals surface area contributed by atoms with Crippen molar-refractivity contribution in [1.82, 2.24) is 15.5 Å². The summed E-state index contributed by atoms with van der Waals surface area (Å²) in [4.78, 5) is 40.4. The fraction of sp³-hybridized carbons (Fsp3) is 0.419. The van der Waals surface area contributed by atoms with Crippen LogP contribution in [0.4, 0.5) is 5.69 Å². The molecule has 0 bridgehead atoms. The third-order valence-corrected chi connectivity index (χ3v) is 7.44. The number of aromatic nitrogens is 2. The number of anilines is 1. The first-order valence-corrected chi connectivity index (χ1v) is 13.8. The second kappa shape index (κ2) is 11.0. The van der Waals surface area contributed by atoms with Gasteiger partial charge in [-0.05, 0) is 75.9 Å². The molecule has 5 rings (SSSR count). The summed E-state index contributed by atoms with van der Waals surface area (Å²) in [5.41, 5.74) is 2.79. The summed E-state index contributed by atoms with van der Waals surface area (Å²) in [5, 5.41) is 10.4. The first kappa shape index (κ1) is 28.4. The number of methoxy groups -OCH3 is 1. The van der Waals surface area contributed by atoms with Crippen LogP contribution in [0, 0.1) is 0 Å². The van der Waals surface area contributed by atoms with Gasteiger partial charge in [0, 0.05) is 29.3 Å². The van der Waals surface area contributed by atoms with Crippen LogP contribution in [0.5, 0.6) is 5.75 Å². The van der Waals surface area contributed by atoms with Gasteiger partial charge in [-0.2, -0.15) is 5.10 Å². The quantitative estimate of drug-likeness (QED) is 0.371. The SMILES string of the molecule is CCOC(=O)c1n[nH]c2c1C(c1ccc(OC)cc1)CN(c1ccc(C3(NCC(=O)OC(C)(C)C)CC3)cc1)C2=O. The van der Waals surface area contributed by atoms with Gasteiger partial charge in [0.1, 0.15) is 17.0 Å². The molecule has 0 spiro atoms. The van der Waals surface area contributed by atoms with Gasteiger partial charge in [0.2, 0.25) is 0 Å². The van der Waals surface area contributed by atoms with E-state index >= 15 is 0 Å². The van der Waals surface area contributed by atoms with Crippen LogP contribution < -0.4 is 15.0 Å². The van der Waals surface area contributed by atoms with Gasteiger partial charge in [-0.1, -0.05) is 24.3 Å². The van der Waals surface area contributed by atoms with E-state index in [0.29, 0.717) is 17.9 Å². The lowest BCUT2D eigenvalue weighted by atomic mass is 9.85. The molecule has 2 aromatic carbocycles. The Hall–Kier alpha value is -4.18. The predicted molar refractivity (Wildman–Crippen MR) is 152 cm³/mol. The topological polar surface area (TPSA) is 123 Å². The van der Waals surface area contributed by atoms with Crippen LogP contribution in [-0.4, -0.2) is 60.5 Å². The highest BCUT2D eigenvalue weighted by atomic mass is 16.6. The monoisotopic (exact) mass is 560 g/mol. The zero-order valence-electron chi connectivity index (χ0n) is 24.1. The Morgan fingerprint density at radius 1 is 1.10 bits per heavy atom. The van der Waals surface area contributed by atoms with Crippen molar-refractivity contribution in [3.05, 3.63) is 76.6 Å². The zero-order chi connectivity index (χ0) is 29.4. The second-order valence-electron chi connectivity index (χ2n) is 11.4. The molecule has 1 unspecified atom stereocenters. The van der Waals surface area contributed by atoms with Crippen molar-refractivity contribution in [2.45, 2.75) is 57.6 Å². The zero-order valence-corrected chi connectivity index (χ0v) is 24.1. The molecule has 2 aliphatic rings. The van der Waals surface area contributed by atoms with Crippen molar-refractivity contribution in [2.75, 3.05) is 31.7 Å². The second-order valence-corrected chi connectivity index (χ2v) is 11.4. The molecule has 1 aliphatic heterocycles. The van der Waals surface area contributed by atoms with Gasteiger partial charge in [0.05, 0.1) is 20.3 Å². The Balaban J connectivity index is 1.41. The number of hydrogen-bond acceptors (Lipinski definition) is 8. The van der Waals surface area contributed by atoms with Gasteiger partial charge >= 0.3 is 11.9 Å². The third kappa shape index (κ3) is 5.83. The number of benzene rings is 2. The predicted octanol–water partition coefficient (Wildman–Crippen LogP) is 4.31. The number of hydrogen-bond donors (Lipinski definition) is 2. The van der Waals surface area contributed by atoms with Crippen molar-refractivity contribution in [1.29, 1.82) is 0 Å². The summed E-state index contributed by atoms with van der Waals surface area (Å²) in [6.07, 6.45) is 1.82. The van der Waals surface area contributed by atoms with E-state index in [-0.39, 0.29) is 47.9 Å². The van der Waals surface area contributed by atoms with Gasteiger partial charge in [-0.15, -0.1) is 0 Å². The highest BCUT2D eigenvalue weighted by Crippen LogP contribution is 2.46. The van der Waals surface area contributed by atoms with Crippen LogP contribution in [0.25, 0.3) is 0 Å². The minimum absolute atomic E-state index is 0.123. The summed E-state index contributed by atoms with van der Waals surface area (Å²) in [6.45, 7) is 7.91. The number of esters is 2. The van der Waals surface area contributed by atoms with Crippen LogP contribution in [0.3, 0.4) is 0 Å². The van der Waals surface area contributed by atoms with E-state index in [2.05, 4.69) is 15.5 Å². The van der Waals surface area contributed by atoms with E-state index in [1.165, 1.54) is 0 Å². The normalized spacial score (nSPS) is 17.5. The lowest BCUT2D eigenvalue weighted by molar-refractivity contribution is -0.153. The molecule has 0 saturated heterocycles. The first-order valence-electron chi connectivity index (χ1n) is 13.8. The summed E-state index contributed by atoms with van der Waals surface area (Å²) in [6, 6.07) is 15.4. The first-order chi connectivity index (χ1) is 19.5. The number of nitrogens with one attached hydrogen (secondary N) is 2. The maximum Gasteiger partial charge on any atom is 0.359 e. The van der Waals surface area contributed by atoms with E-state index in [1.54, 1.807) is 18.9 Å². The van der Waals surface area contributed by atoms with Gasteiger partial charge in [-0.3, -0.25) is 20.0 Å². The summed E-state index contributed by atoms with van der Waals surface area (Å²) in [7, 11) is 1.60. The maximum absolute atomic E-state index is 13.7. The summed E-state index contributed by atoms with van der Waals surface area (Å²) < 4.78 is 16.0. The molecular formula is C31H36N4O6. The Bertz CT molecular complexity index is 1430. The third-order valence-electron chi connectivity index (χ3n) is 7.44. The number of carbonyl (C=O) groups is 3. The van der Waals surface area contributed by atoms with E-state index in [4.69, 9.17) is 14.2 Å². The molecule has 41 heavy (non-hydrogen) atoms. The number of fused-ring (bicyclic) bond motifs is 1. The summed E-state index contributed by atoms with van der Waals surface area (Å²) in [5.74, 6) is -0.744. The maximum atomic E-state index is 13.7. The minimum atomic E-state index is -0.567. The number of aromatic amines is 1. The van der Waals surface area contributed by atoms with Gasteiger partial charge in [-0.25, -0.2) is 4.79 Å². The number of rotatable bonds is 9. The molecule has 10 nitrogen and oxygen atoms in total. The molecule has 0 radical (unpaired) electrons. The molecule has 2 N–H and O–H groups in total. The van der Waals surface area contributed by atoms with E-state index in [9.17, 15) is 14.4 Å². The lowest BCUT2D eigenvalue weighted by Crippen LogP contribution is -2.41. The van der Waals surface area contributed by atoms with E-state index < -0.39 is 11.6 Å². The summed E-state index contributed by atoms with van der Waals surface area (Å²) >= 11 is 0. The fourth-order valence-electron chi connectivity index (χ4n) is 5.30. The Morgan fingerprint density at radius 3 is 2.37 bits per heavy atom. The van der Waals surface area contributed by atoms with Crippen molar-refractivity contribution in [3.63, 3.8) is 0 Å². The molecule has 2 heterocycles. The van der Waals surface area contributed by atoms with Crippen LogP contribution in [0.1, 0.15) is 84.1 Å². The molecule has 1 fully saturated rings. The lowest BCUT2D eigenvalue weighted by Gasteiger charge is -2.33. The highest BCUT2D eigenvalue weighted by Gasteiger charge is 2.45. The number of nitrogens with zero attached hydrogens (tertiary/aromatic N) is 2. The molecule has 1 amide bonds. The Morgan fingerprint density at radius 2 is 1.78 bits per heavy atom.